The number of benzene rings is 1. The summed E-state index contributed by atoms with van der Waals surface area (Å²) in [5.74, 6) is -0.981. The molecule has 21 heavy (non-hydrogen) atoms. The summed E-state index contributed by atoms with van der Waals surface area (Å²) < 4.78 is 0.111. The van der Waals surface area contributed by atoms with E-state index in [1.165, 1.54) is 5.56 Å². The van der Waals surface area contributed by atoms with Crippen molar-refractivity contribution in [2.24, 2.45) is 0 Å². The van der Waals surface area contributed by atoms with E-state index in [9.17, 15) is 4.79 Å². The van der Waals surface area contributed by atoms with Crippen LogP contribution in [0.15, 0.2) is 85.9 Å². The van der Waals surface area contributed by atoms with Gasteiger partial charge in [0.15, 0.2) is 0 Å². The molecule has 1 aromatic carbocycles. The standard InChI is InChI=1S/C8H8.C4H6.C3H4O2.C2H2Cl2/c1-2-8-6-4-3-5-7-8;1-3-4-2;1-2-3(4)5;1-2(3)4/h2-7H,1H2;3-4H,1-2H2;2H,1H2,(H,4,5);1H2. The number of hydrogen-bond donors (Lipinski definition) is 1. The third-order valence-electron chi connectivity index (χ3n) is 1.38. The molecular weight excluding hydrogens is 307 g/mol. The molecule has 0 amide bonds. The van der Waals surface area contributed by atoms with Crippen molar-refractivity contribution in [1.82, 2.24) is 0 Å². The molecule has 0 unspecified atom stereocenters. The van der Waals surface area contributed by atoms with Crippen molar-refractivity contribution in [3.63, 3.8) is 0 Å². The van der Waals surface area contributed by atoms with E-state index in [1.807, 2.05) is 36.4 Å². The molecule has 0 radical (unpaired) electrons. The Labute approximate surface area is 137 Å². The summed E-state index contributed by atoms with van der Waals surface area (Å²) in [5.41, 5.74) is 1.17. The fourth-order valence-electron chi connectivity index (χ4n) is 0.589. The van der Waals surface area contributed by atoms with Crippen LogP contribution in [0, 0.1) is 0 Å². The molecule has 0 aromatic heterocycles. The number of rotatable bonds is 3. The number of halogens is 2. The van der Waals surface area contributed by atoms with Gasteiger partial charge in [-0.15, -0.1) is 0 Å². The number of carboxylic acid groups (broad SMARTS) is 1. The summed E-state index contributed by atoms with van der Waals surface area (Å²) >= 11 is 9.69. The highest BCUT2D eigenvalue weighted by molar-refractivity contribution is 6.55. The van der Waals surface area contributed by atoms with Gasteiger partial charge in [0.05, 0.1) is 4.49 Å². The van der Waals surface area contributed by atoms with Gasteiger partial charge >= 0.3 is 5.97 Å². The van der Waals surface area contributed by atoms with Crippen LogP contribution in [0.4, 0.5) is 0 Å². The van der Waals surface area contributed by atoms with Gasteiger partial charge in [0.2, 0.25) is 0 Å². The zero-order valence-electron chi connectivity index (χ0n) is 11.8. The average Bonchev–Trinajstić information content (AvgIpc) is 2.48. The molecule has 1 N–H and O–H groups in total. The molecule has 0 aliphatic carbocycles. The molecule has 0 saturated carbocycles. The first-order valence-electron chi connectivity index (χ1n) is 5.61. The van der Waals surface area contributed by atoms with Gasteiger partial charge in [-0.2, -0.15) is 0 Å². The number of hydrogen-bond acceptors (Lipinski definition) is 1. The normalized spacial score (nSPS) is 6.95. The van der Waals surface area contributed by atoms with Crippen LogP contribution in [0.3, 0.4) is 0 Å². The minimum absolute atomic E-state index is 0.111. The molecule has 0 spiro atoms. The molecule has 2 nitrogen and oxygen atoms in total. The summed E-state index contributed by atoms with van der Waals surface area (Å²) in [5, 5.41) is 7.60. The van der Waals surface area contributed by atoms with Crippen LogP contribution < -0.4 is 0 Å². The van der Waals surface area contributed by atoms with Crippen LogP contribution in [0.5, 0.6) is 0 Å². The fraction of sp³-hybridized carbons (Fsp3) is 0. The Hall–Kier alpha value is -2.03. The topological polar surface area (TPSA) is 37.3 Å². The maximum atomic E-state index is 9.25. The summed E-state index contributed by atoms with van der Waals surface area (Å²) in [6.45, 7) is 16.4. The van der Waals surface area contributed by atoms with Crippen LogP contribution in [0.1, 0.15) is 5.56 Å². The number of carboxylic acids is 1. The Balaban J connectivity index is -0.000000219. The van der Waals surface area contributed by atoms with Gasteiger partial charge in [0, 0.05) is 6.08 Å². The second-order valence-electron chi connectivity index (χ2n) is 2.97. The Morgan fingerprint density at radius 1 is 1.00 bits per heavy atom. The van der Waals surface area contributed by atoms with Gasteiger partial charge in [-0.25, -0.2) is 4.79 Å². The molecule has 0 saturated heterocycles. The molecule has 0 aliphatic heterocycles. The zero-order valence-corrected chi connectivity index (χ0v) is 13.4. The second-order valence-corrected chi connectivity index (χ2v) is 4.07. The Morgan fingerprint density at radius 2 is 1.33 bits per heavy atom. The van der Waals surface area contributed by atoms with E-state index < -0.39 is 5.97 Å². The highest BCUT2D eigenvalue weighted by Crippen LogP contribution is 1.98. The molecule has 0 bridgehead atoms. The van der Waals surface area contributed by atoms with E-state index in [0.717, 1.165) is 6.08 Å². The number of carbonyl (C=O) groups is 1. The van der Waals surface area contributed by atoms with Gasteiger partial charge in [-0.3, -0.25) is 0 Å². The van der Waals surface area contributed by atoms with Crippen molar-refractivity contribution in [3.8, 4) is 0 Å². The van der Waals surface area contributed by atoms with Gasteiger partial charge in [0.1, 0.15) is 0 Å². The van der Waals surface area contributed by atoms with Crippen LogP contribution in [-0.2, 0) is 4.79 Å². The van der Waals surface area contributed by atoms with E-state index in [1.54, 1.807) is 12.2 Å². The molecule has 0 fully saturated rings. The van der Waals surface area contributed by atoms with Crippen molar-refractivity contribution in [2.45, 2.75) is 0 Å². The predicted molar refractivity (Wildman–Crippen MR) is 95.6 cm³/mol. The van der Waals surface area contributed by atoms with E-state index in [-0.39, 0.29) is 4.49 Å². The second kappa shape index (κ2) is 20.3. The quantitative estimate of drug-likeness (QED) is 0.556. The lowest BCUT2D eigenvalue weighted by Gasteiger charge is -1.85. The highest BCUT2D eigenvalue weighted by atomic mass is 35.5. The smallest absolute Gasteiger partial charge is 0.327 e. The van der Waals surface area contributed by atoms with Gasteiger partial charge < -0.3 is 5.11 Å². The van der Waals surface area contributed by atoms with Gasteiger partial charge in [-0.1, -0.05) is 105 Å². The van der Waals surface area contributed by atoms with E-state index in [0.29, 0.717) is 0 Å². The van der Waals surface area contributed by atoms with Crippen LogP contribution in [0.25, 0.3) is 6.08 Å². The average molecular weight is 327 g/mol. The van der Waals surface area contributed by atoms with E-state index >= 15 is 0 Å². The summed E-state index contributed by atoms with van der Waals surface area (Å²) in [6, 6.07) is 10.0. The van der Waals surface area contributed by atoms with Crippen LogP contribution >= 0.6 is 23.2 Å². The van der Waals surface area contributed by atoms with E-state index in [2.05, 4.69) is 32.9 Å². The number of aliphatic carboxylic acids is 1. The lowest BCUT2D eigenvalue weighted by atomic mass is 10.2. The van der Waals surface area contributed by atoms with Crippen molar-refractivity contribution in [3.05, 3.63) is 91.5 Å². The maximum absolute atomic E-state index is 9.25. The van der Waals surface area contributed by atoms with E-state index in [4.69, 9.17) is 28.3 Å². The first kappa shape index (κ1) is 24.0. The van der Waals surface area contributed by atoms with Crippen LogP contribution in [0.2, 0.25) is 0 Å². The third kappa shape index (κ3) is 38.1. The van der Waals surface area contributed by atoms with Gasteiger partial charge in [-0.05, 0) is 5.56 Å². The predicted octanol–water partition coefficient (Wildman–Crippen LogP) is 5.88. The Morgan fingerprint density at radius 3 is 1.48 bits per heavy atom. The third-order valence-corrected chi connectivity index (χ3v) is 1.38. The fourth-order valence-corrected chi connectivity index (χ4v) is 0.589. The lowest BCUT2D eigenvalue weighted by molar-refractivity contribution is -0.131. The Kier molecular flexibility index (Phi) is 23.2. The zero-order chi connectivity index (χ0) is 17.1. The molecule has 4 heteroatoms. The van der Waals surface area contributed by atoms with Crippen molar-refractivity contribution in [1.29, 1.82) is 0 Å². The molecule has 1 aromatic rings. The molecule has 1 rings (SSSR count). The monoisotopic (exact) mass is 326 g/mol. The SMILES string of the molecule is C=C(Cl)Cl.C=CC(=O)O.C=CC=C.C=Cc1ccccc1. The highest BCUT2D eigenvalue weighted by Gasteiger charge is 1.75. The first-order valence-corrected chi connectivity index (χ1v) is 6.37. The van der Waals surface area contributed by atoms with Crippen LogP contribution in [-0.4, -0.2) is 11.1 Å². The first-order chi connectivity index (χ1) is 9.85. The Bertz CT molecular complexity index is 427. The minimum Gasteiger partial charge on any atom is -0.478 e. The molecular formula is C17H20Cl2O2. The van der Waals surface area contributed by atoms with Gasteiger partial charge in [0.25, 0.3) is 0 Å². The largest absolute Gasteiger partial charge is 0.478 e. The summed E-state index contributed by atoms with van der Waals surface area (Å²) in [4.78, 5) is 9.25. The van der Waals surface area contributed by atoms with Crippen molar-refractivity contribution < 1.29 is 9.90 Å². The lowest BCUT2D eigenvalue weighted by Crippen LogP contribution is -1.82. The molecule has 114 valence electrons. The summed E-state index contributed by atoms with van der Waals surface area (Å²) in [6.07, 6.45) is 5.94. The minimum atomic E-state index is -0.981. The van der Waals surface area contributed by atoms with Crippen molar-refractivity contribution >= 4 is 35.2 Å². The summed E-state index contributed by atoms with van der Waals surface area (Å²) in [7, 11) is 0. The maximum Gasteiger partial charge on any atom is 0.327 e. The molecule has 0 atom stereocenters. The van der Waals surface area contributed by atoms with Crippen molar-refractivity contribution in [2.75, 3.05) is 0 Å². The molecule has 0 heterocycles. The number of allylic oxidation sites excluding steroid dienone is 2. The molecule has 0 aliphatic rings.